The monoisotopic (exact) mass is 369 g/mol. The van der Waals surface area contributed by atoms with Gasteiger partial charge in [-0.3, -0.25) is 9.59 Å². The average molecular weight is 369 g/mol. The Morgan fingerprint density at radius 2 is 1.84 bits per heavy atom. The van der Waals surface area contributed by atoms with Crippen LogP contribution in [-0.2, 0) is 17.5 Å². The zero-order chi connectivity index (χ0) is 18.6. The molecule has 1 amide bonds. The Bertz CT molecular complexity index is 781. The molecule has 7 heteroatoms. The van der Waals surface area contributed by atoms with Crippen molar-refractivity contribution in [2.24, 2.45) is 0 Å². The molecular formula is C18H18F3NO2S. The quantitative estimate of drug-likeness (QED) is 0.753. The lowest BCUT2D eigenvalue weighted by Crippen LogP contribution is -2.23. The van der Waals surface area contributed by atoms with Crippen molar-refractivity contribution in [3.63, 3.8) is 0 Å². The predicted molar refractivity (Wildman–Crippen MR) is 90.6 cm³/mol. The summed E-state index contributed by atoms with van der Waals surface area (Å²) in [5, 5.41) is 2.55. The number of aryl methyl sites for hydroxylation is 2. The lowest BCUT2D eigenvalue weighted by molar-refractivity contribution is -0.137. The Kier molecular flexibility index (Phi) is 6.00. The molecule has 0 radical (unpaired) electrons. The second kappa shape index (κ2) is 7.82. The van der Waals surface area contributed by atoms with Crippen molar-refractivity contribution in [1.29, 1.82) is 0 Å². The number of nitrogens with one attached hydrogen (secondary N) is 1. The molecule has 0 bridgehead atoms. The first-order valence-corrected chi connectivity index (χ1v) is 8.51. The molecule has 1 aromatic carbocycles. The van der Waals surface area contributed by atoms with Crippen molar-refractivity contribution in [3.05, 3.63) is 56.8 Å². The molecule has 1 N–H and O–H groups in total. The van der Waals surface area contributed by atoms with Crippen LogP contribution in [0, 0.1) is 13.8 Å². The topological polar surface area (TPSA) is 46.2 Å². The number of carbonyl (C=O) groups is 2. The van der Waals surface area contributed by atoms with Crippen LogP contribution in [0.25, 0.3) is 0 Å². The highest BCUT2D eigenvalue weighted by Gasteiger charge is 2.30. The number of carbonyl (C=O) groups excluding carboxylic acids is 2. The average Bonchev–Trinajstić information content (AvgIpc) is 2.88. The minimum atomic E-state index is -4.41. The third-order valence-electron chi connectivity index (χ3n) is 3.66. The predicted octanol–water partition coefficient (Wildman–Crippen LogP) is 4.66. The molecule has 0 unspecified atom stereocenters. The summed E-state index contributed by atoms with van der Waals surface area (Å²) in [5.74, 6) is -0.466. The number of benzene rings is 1. The van der Waals surface area contributed by atoms with E-state index in [1.807, 2.05) is 19.9 Å². The van der Waals surface area contributed by atoms with Gasteiger partial charge in [-0.2, -0.15) is 13.2 Å². The summed E-state index contributed by atoms with van der Waals surface area (Å²) in [6.45, 7) is 3.77. The Morgan fingerprint density at radius 1 is 1.12 bits per heavy atom. The van der Waals surface area contributed by atoms with Gasteiger partial charge in [-0.15, -0.1) is 11.3 Å². The molecule has 0 aliphatic carbocycles. The first-order chi connectivity index (χ1) is 11.7. The summed E-state index contributed by atoms with van der Waals surface area (Å²) >= 11 is 1.53. The summed E-state index contributed by atoms with van der Waals surface area (Å²) in [6.07, 6.45) is -4.33. The molecule has 2 aromatic rings. The molecule has 1 aromatic heterocycles. The molecule has 0 aliphatic rings. The van der Waals surface area contributed by atoms with Gasteiger partial charge in [-0.05, 0) is 37.6 Å². The van der Waals surface area contributed by atoms with E-state index in [4.69, 9.17) is 0 Å². The van der Waals surface area contributed by atoms with Crippen LogP contribution >= 0.6 is 11.3 Å². The third-order valence-corrected chi connectivity index (χ3v) is 4.63. The molecule has 0 fully saturated rings. The van der Waals surface area contributed by atoms with Crippen molar-refractivity contribution in [1.82, 2.24) is 5.32 Å². The number of ketones is 1. The largest absolute Gasteiger partial charge is 0.416 e. The molecule has 1 heterocycles. The van der Waals surface area contributed by atoms with E-state index >= 15 is 0 Å². The molecule has 0 atom stereocenters. The normalized spacial score (nSPS) is 11.4. The number of Topliss-reactive ketones (excluding diaryl/α,β-unsaturated/α-hetero) is 1. The summed E-state index contributed by atoms with van der Waals surface area (Å²) in [7, 11) is 0. The lowest BCUT2D eigenvalue weighted by atomic mass is 10.1. The number of halogens is 3. The maximum absolute atomic E-state index is 12.6. The molecule has 0 spiro atoms. The minimum absolute atomic E-state index is 0.00608. The highest BCUT2D eigenvalue weighted by Crippen LogP contribution is 2.29. The molecule has 0 saturated carbocycles. The highest BCUT2D eigenvalue weighted by molar-refractivity contribution is 7.12. The van der Waals surface area contributed by atoms with Gasteiger partial charge in [0.2, 0.25) is 5.91 Å². The fraction of sp³-hybridized carbons (Fsp3) is 0.333. The van der Waals surface area contributed by atoms with Gasteiger partial charge in [-0.25, -0.2) is 0 Å². The van der Waals surface area contributed by atoms with Crippen molar-refractivity contribution < 1.29 is 22.8 Å². The van der Waals surface area contributed by atoms with Crippen molar-refractivity contribution in [2.45, 2.75) is 39.4 Å². The van der Waals surface area contributed by atoms with Crippen LogP contribution in [-0.4, -0.2) is 11.7 Å². The van der Waals surface area contributed by atoms with Crippen LogP contribution in [0.4, 0.5) is 13.2 Å². The zero-order valence-electron chi connectivity index (χ0n) is 13.9. The summed E-state index contributed by atoms with van der Waals surface area (Å²) in [6, 6.07) is 6.61. The van der Waals surface area contributed by atoms with Gasteiger partial charge in [0.05, 0.1) is 5.56 Å². The van der Waals surface area contributed by atoms with Gasteiger partial charge < -0.3 is 5.32 Å². The fourth-order valence-corrected chi connectivity index (χ4v) is 3.36. The highest BCUT2D eigenvalue weighted by atomic mass is 32.1. The Balaban J connectivity index is 1.85. The zero-order valence-corrected chi connectivity index (χ0v) is 14.7. The molecule has 3 nitrogen and oxygen atoms in total. The standard InChI is InChI=1S/C18H18F3NO2S/c1-11-8-15(12(2)25-11)16(23)6-7-17(24)22-10-13-4-3-5-14(9-13)18(19,20)21/h3-5,8-9H,6-7,10H2,1-2H3,(H,22,24). The van der Waals surface area contributed by atoms with Crippen molar-refractivity contribution in [3.8, 4) is 0 Å². The molecule has 134 valence electrons. The molecule has 2 rings (SSSR count). The van der Waals surface area contributed by atoms with Gasteiger partial charge >= 0.3 is 6.18 Å². The van der Waals surface area contributed by atoms with E-state index < -0.39 is 11.7 Å². The van der Waals surface area contributed by atoms with Crippen LogP contribution in [0.2, 0.25) is 0 Å². The van der Waals surface area contributed by atoms with E-state index in [0.29, 0.717) is 11.1 Å². The number of hydrogen-bond acceptors (Lipinski definition) is 3. The number of rotatable bonds is 6. The number of alkyl halides is 3. The van der Waals surface area contributed by atoms with Crippen molar-refractivity contribution >= 4 is 23.0 Å². The van der Waals surface area contributed by atoms with E-state index in [1.165, 1.54) is 23.5 Å². The molecule has 0 aliphatic heterocycles. The third kappa shape index (κ3) is 5.42. The SMILES string of the molecule is Cc1cc(C(=O)CCC(=O)NCc2cccc(C(F)(F)F)c2)c(C)s1. The van der Waals surface area contributed by atoms with Gasteiger partial charge in [0.15, 0.2) is 5.78 Å². The van der Waals surface area contributed by atoms with Crippen LogP contribution in [0.3, 0.4) is 0 Å². The van der Waals surface area contributed by atoms with Gasteiger partial charge in [0.1, 0.15) is 0 Å². The number of thiophene rings is 1. The summed E-state index contributed by atoms with van der Waals surface area (Å²) in [5.41, 5.74) is 0.240. The second-order valence-electron chi connectivity index (χ2n) is 5.72. The van der Waals surface area contributed by atoms with Gasteiger partial charge in [-0.1, -0.05) is 12.1 Å². The first kappa shape index (κ1) is 19.2. The maximum atomic E-state index is 12.6. The van der Waals surface area contributed by atoms with Crippen LogP contribution < -0.4 is 5.32 Å². The van der Waals surface area contributed by atoms with Gasteiger partial charge in [0.25, 0.3) is 0 Å². The second-order valence-corrected chi connectivity index (χ2v) is 7.19. The van der Waals surface area contributed by atoms with Crippen molar-refractivity contribution in [2.75, 3.05) is 0 Å². The molecule has 0 saturated heterocycles. The van der Waals surface area contributed by atoms with Crippen LogP contribution in [0.5, 0.6) is 0 Å². The first-order valence-electron chi connectivity index (χ1n) is 7.70. The lowest BCUT2D eigenvalue weighted by Gasteiger charge is -2.09. The van der Waals surface area contributed by atoms with Gasteiger partial charge in [0, 0.05) is 34.7 Å². The number of amides is 1. The molecule has 25 heavy (non-hydrogen) atoms. The Labute approximate surface area is 147 Å². The Hall–Kier alpha value is -2.15. The van der Waals surface area contributed by atoms with E-state index in [0.717, 1.165) is 21.9 Å². The smallest absolute Gasteiger partial charge is 0.352 e. The minimum Gasteiger partial charge on any atom is -0.352 e. The van der Waals surface area contributed by atoms with E-state index in [-0.39, 0.29) is 31.1 Å². The van der Waals surface area contributed by atoms with E-state index in [2.05, 4.69) is 5.32 Å². The fourth-order valence-electron chi connectivity index (χ4n) is 2.42. The Morgan fingerprint density at radius 3 is 2.44 bits per heavy atom. The van der Waals surface area contributed by atoms with E-state index in [9.17, 15) is 22.8 Å². The van der Waals surface area contributed by atoms with Crippen LogP contribution in [0.15, 0.2) is 30.3 Å². The summed E-state index contributed by atoms with van der Waals surface area (Å²) in [4.78, 5) is 25.9. The van der Waals surface area contributed by atoms with E-state index in [1.54, 1.807) is 0 Å². The summed E-state index contributed by atoms with van der Waals surface area (Å²) < 4.78 is 37.9. The van der Waals surface area contributed by atoms with Crippen LogP contribution in [0.1, 0.15) is 44.1 Å². The maximum Gasteiger partial charge on any atom is 0.416 e. The molecular weight excluding hydrogens is 351 g/mol. The number of hydrogen-bond donors (Lipinski definition) is 1.